The van der Waals surface area contributed by atoms with Gasteiger partial charge in [0.1, 0.15) is 5.75 Å². The monoisotopic (exact) mass is 540 g/mol. The van der Waals surface area contributed by atoms with Gasteiger partial charge in [-0.2, -0.15) is 4.57 Å². The highest BCUT2D eigenvalue weighted by atomic mass is 35.5. The lowest BCUT2D eigenvalue weighted by Gasteiger charge is -2.21. The summed E-state index contributed by atoms with van der Waals surface area (Å²) in [5.41, 5.74) is 6.23. The molecule has 3 aromatic rings. The molecule has 5 rings (SSSR count). The number of fused-ring (bicyclic) bond motifs is 5. The van der Waals surface area contributed by atoms with E-state index in [-0.39, 0.29) is 19.0 Å². The number of unbranched alkanes of at least 4 members (excludes halogenated alkanes) is 7. The Bertz CT molecular complexity index is 1250. The summed E-state index contributed by atoms with van der Waals surface area (Å²) in [7, 11) is 1.71. The van der Waals surface area contributed by atoms with Gasteiger partial charge in [0.05, 0.1) is 30.4 Å². The summed E-state index contributed by atoms with van der Waals surface area (Å²) in [6, 6.07) is 8.62. The van der Waals surface area contributed by atoms with E-state index in [1.807, 2.05) is 0 Å². The molecule has 38 heavy (non-hydrogen) atoms. The summed E-state index contributed by atoms with van der Waals surface area (Å²) in [5, 5.41) is 15.3. The van der Waals surface area contributed by atoms with Gasteiger partial charge in [0, 0.05) is 18.5 Å². The zero-order chi connectivity index (χ0) is 25.6. The first-order chi connectivity index (χ1) is 18.2. The van der Waals surface area contributed by atoms with E-state index in [9.17, 15) is 5.11 Å². The van der Waals surface area contributed by atoms with Crippen LogP contribution in [0.1, 0.15) is 69.4 Å². The van der Waals surface area contributed by atoms with Crippen LogP contribution in [0, 0.1) is 0 Å². The van der Waals surface area contributed by atoms with Gasteiger partial charge >= 0.3 is 0 Å². The number of anilines is 1. The predicted molar refractivity (Wildman–Crippen MR) is 148 cm³/mol. The minimum Gasteiger partial charge on any atom is -1.00 e. The Kier molecular flexibility index (Phi) is 9.97. The number of rotatable bonds is 13. The molecule has 6 nitrogen and oxygen atoms in total. The molecule has 0 saturated heterocycles. The summed E-state index contributed by atoms with van der Waals surface area (Å²) in [4.78, 5) is 0. The first-order valence-corrected chi connectivity index (χ1v) is 14.1. The number of halogens is 1. The molecule has 2 aromatic carbocycles. The predicted octanol–water partition coefficient (Wildman–Crippen LogP) is 3.18. The second-order valence-electron chi connectivity index (χ2n) is 10.2. The van der Waals surface area contributed by atoms with Gasteiger partial charge in [0.25, 0.3) is 0 Å². The number of nitrogens with zero attached hydrogens (tertiary/aromatic N) is 1. The highest BCUT2D eigenvalue weighted by Crippen LogP contribution is 2.43. The van der Waals surface area contributed by atoms with E-state index in [1.165, 1.54) is 79.1 Å². The van der Waals surface area contributed by atoms with E-state index in [0.717, 1.165) is 47.7 Å². The van der Waals surface area contributed by atoms with Crippen molar-refractivity contribution in [2.75, 3.05) is 32.4 Å². The average molecular weight is 541 g/mol. The van der Waals surface area contributed by atoms with Crippen LogP contribution in [0.15, 0.2) is 30.5 Å². The number of nitrogens with one attached hydrogen (secondary N) is 1. The molecule has 2 N–H and O–H groups in total. The highest BCUT2D eigenvalue weighted by Gasteiger charge is 2.32. The SMILES string of the molecule is CCCCCCCCCCc1c2[n+](cc3c(NCCO)c(OC)ccc13)CCc1cc3c(cc1-2)OCO3.[Cl-]. The average Bonchev–Trinajstić information content (AvgIpc) is 3.38. The van der Waals surface area contributed by atoms with Gasteiger partial charge in [-0.3, -0.25) is 0 Å². The van der Waals surface area contributed by atoms with Crippen molar-refractivity contribution in [1.29, 1.82) is 0 Å². The Labute approximate surface area is 232 Å². The molecule has 0 aliphatic carbocycles. The van der Waals surface area contributed by atoms with Crippen LogP contribution in [0.25, 0.3) is 22.0 Å². The topological polar surface area (TPSA) is 63.8 Å². The van der Waals surface area contributed by atoms with Crippen molar-refractivity contribution in [3.8, 4) is 28.5 Å². The minimum absolute atomic E-state index is 0. The standard InChI is InChI=1S/C31H40N2O4.ClH/c1-3-4-5-6-7-8-9-10-11-24-23-12-13-27(35-2)30(32-15-17-34)26(23)20-33-16-14-22-18-28-29(37-21-36-28)19-25(22)31(24)33;/h12-13,18-20,34H,3-11,14-17,21H2,1-2H3;1H. The number of aliphatic hydroxyl groups is 1. The molecule has 0 unspecified atom stereocenters. The molecule has 3 heterocycles. The maximum Gasteiger partial charge on any atom is 0.231 e. The summed E-state index contributed by atoms with van der Waals surface area (Å²) in [6.07, 6.45) is 14.7. The van der Waals surface area contributed by atoms with Crippen LogP contribution in [0.2, 0.25) is 0 Å². The Morgan fingerprint density at radius 2 is 1.71 bits per heavy atom. The van der Waals surface area contributed by atoms with Gasteiger partial charge in [-0.05, 0) is 48.1 Å². The van der Waals surface area contributed by atoms with Crippen molar-refractivity contribution in [2.45, 2.75) is 77.7 Å². The van der Waals surface area contributed by atoms with E-state index >= 15 is 0 Å². The van der Waals surface area contributed by atoms with Crippen molar-refractivity contribution >= 4 is 16.5 Å². The van der Waals surface area contributed by atoms with Gasteiger partial charge in [0.15, 0.2) is 24.2 Å². The summed E-state index contributed by atoms with van der Waals surface area (Å²) in [6.45, 7) is 4.04. The van der Waals surface area contributed by atoms with E-state index in [0.29, 0.717) is 13.3 Å². The lowest BCUT2D eigenvalue weighted by molar-refractivity contribution is -0.686. The second-order valence-corrected chi connectivity index (χ2v) is 10.2. The Balaban J connectivity index is 0.00000336. The molecular formula is C31H41ClN2O4. The molecule has 0 amide bonds. The maximum atomic E-state index is 9.50. The molecule has 1 aromatic heterocycles. The van der Waals surface area contributed by atoms with Gasteiger partial charge in [-0.15, -0.1) is 0 Å². The van der Waals surface area contributed by atoms with Gasteiger partial charge < -0.3 is 37.0 Å². The van der Waals surface area contributed by atoms with Crippen LogP contribution in [0.3, 0.4) is 0 Å². The van der Waals surface area contributed by atoms with E-state index in [4.69, 9.17) is 14.2 Å². The summed E-state index contributed by atoms with van der Waals surface area (Å²) < 4.78 is 19.6. The molecule has 0 saturated carbocycles. The lowest BCUT2D eigenvalue weighted by Crippen LogP contribution is -3.00. The number of aliphatic hydroxyl groups excluding tert-OH is 1. The zero-order valence-corrected chi connectivity index (χ0v) is 23.5. The molecule has 2 aliphatic rings. The zero-order valence-electron chi connectivity index (χ0n) is 22.8. The number of aryl methyl sites for hydroxylation is 3. The third-order valence-electron chi connectivity index (χ3n) is 7.78. The number of aromatic nitrogens is 1. The minimum atomic E-state index is 0. The second kappa shape index (κ2) is 13.4. The largest absolute Gasteiger partial charge is 1.00 e. The molecular weight excluding hydrogens is 500 g/mol. The van der Waals surface area contributed by atoms with Crippen LogP contribution in [-0.4, -0.2) is 32.2 Å². The van der Waals surface area contributed by atoms with Gasteiger partial charge in [-0.1, -0.05) is 51.9 Å². The number of hydrogen-bond acceptors (Lipinski definition) is 5. The first kappa shape index (κ1) is 28.3. The van der Waals surface area contributed by atoms with Crippen LogP contribution in [-0.2, 0) is 19.4 Å². The first-order valence-electron chi connectivity index (χ1n) is 14.1. The van der Waals surface area contributed by atoms with Crippen molar-refractivity contribution in [2.24, 2.45) is 0 Å². The lowest BCUT2D eigenvalue weighted by atomic mass is 9.89. The van der Waals surface area contributed by atoms with Gasteiger partial charge in [0.2, 0.25) is 12.5 Å². The third-order valence-corrected chi connectivity index (χ3v) is 7.78. The van der Waals surface area contributed by atoms with Crippen LogP contribution in [0.4, 0.5) is 5.69 Å². The molecule has 0 radical (unpaired) electrons. The van der Waals surface area contributed by atoms with Gasteiger partial charge in [-0.25, -0.2) is 0 Å². The van der Waals surface area contributed by atoms with Crippen LogP contribution >= 0.6 is 0 Å². The normalized spacial score (nSPS) is 13.1. The number of ether oxygens (including phenoxy) is 3. The quantitative estimate of drug-likeness (QED) is 0.257. The van der Waals surface area contributed by atoms with Crippen molar-refractivity contribution in [3.05, 3.63) is 41.6 Å². The smallest absolute Gasteiger partial charge is 0.231 e. The Hall–Kier alpha value is -2.70. The fourth-order valence-corrected chi connectivity index (χ4v) is 5.89. The van der Waals surface area contributed by atoms with E-state index < -0.39 is 0 Å². The molecule has 0 bridgehead atoms. The van der Waals surface area contributed by atoms with Crippen molar-refractivity contribution in [3.63, 3.8) is 0 Å². The molecule has 0 atom stereocenters. The van der Waals surface area contributed by atoms with Crippen molar-refractivity contribution in [1.82, 2.24) is 0 Å². The number of hydrogen-bond donors (Lipinski definition) is 2. The molecule has 7 heteroatoms. The number of benzene rings is 2. The fourth-order valence-electron chi connectivity index (χ4n) is 5.89. The molecule has 0 fully saturated rings. The summed E-state index contributed by atoms with van der Waals surface area (Å²) >= 11 is 0. The van der Waals surface area contributed by atoms with E-state index in [2.05, 4.69) is 47.3 Å². The van der Waals surface area contributed by atoms with Crippen molar-refractivity contribution < 1.29 is 36.3 Å². The number of pyridine rings is 1. The third kappa shape index (κ3) is 5.81. The molecule has 206 valence electrons. The summed E-state index contributed by atoms with van der Waals surface area (Å²) in [5.74, 6) is 2.50. The number of methoxy groups -OCH3 is 1. The Morgan fingerprint density at radius 3 is 2.45 bits per heavy atom. The Morgan fingerprint density at radius 1 is 0.974 bits per heavy atom. The maximum absolute atomic E-state index is 9.50. The highest BCUT2D eigenvalue weighted by molar-refractivity contribution is 6.00. The van der Waals surface area contributed by atoms with Crippen LogP contribution < -0.4 is 36.5 Å². The molecule has 0 spiro atoms. The van der Waals surface area contributed by atoms with E-state index in [1.54, 1.807) is 7.11 Å². The fraction of sp³-hybridized carbons (Fsp3) is 0.516. The molecule has 2 aliphatic heterocycles. The van der Waals surface area contributed by atoms with Crippen LogP contribution in [0.5, 0.6) is 17.2 Å².